The first-order valence-corrected chi connectivity index (χ1v) is 15.4. The summed E-state index contributed by atoms with van der Waals surface area (Å²) in [6, 6.07) is 3.74. The molecule has 0 fully saturated rings. The maximum atomic E-state index is 13.1. The quantitative estimate of drug-likeness (QED) is 0.0326. The van der Waals surface area contributed by atoms with Gasteiger partial charge in [0.05, 0.1) is 0 Å². The normalized spacial score (nSPS) is 12.9. The molecule has 15 heteroatoms. The third kappa shape index (κ3) is 16.4. The molecule has 0 radical (unpaired) electrons. The maximum Gasteiger partial charge on any atom is 0.332 e. The number of carbonyl (C=O) groups excluding carboxylic acids is 4. The molecule has 0 unspecified atom stereocenters. The maximum absolute atomic E-state index is 13.1. The summed E-state index contributed by atoms with van der Waals surface area (Å²) in [5.41, 5.74) is 6.86. The van der Waals surface area contributed by atoms with Crippen molar-refractivity contribution in [2.75, 3.05) is 6.54 Å². The molecule has 0 aliphatic heterocycles. The van der Waals surface area contributed by atoms with E-state index in [0.717, 1.165) is 0 Å². The van der Waals surface area contributed by atoms with Crippen LogP contribution in [0, 0.1) is 0 Å². The van der Waals surface area contributed by atoms with Crippen molar-refractivity contribution in [1.29, 1.82) is 0 Å². The summed E-state index contributed by atoms with van der Waals surface area (Å²) in [4.78, 5) is 53.6. The van der Waals surface area contributed by atoms with Crippen molar-refractivity contribution < 1.29 is 38.6 Å². The van der Waals surface area contributed by atoms with Crippen LogP contribution >= 0.6 is 12.2 Å². The molecule has 3 N–H and O–H groups in total. The summed E-state index contributed by atoms with van der Waals surface area (Å²) >= 11 is 5.38. The molecule has 0 spiro atoms. The molecule has 0 saturated carbocycles. The van der Waals surface area contributed by atoms with E-state index in [1.165, 1.54) is 24.3 Å². The molecular weight excluding hydrogens is 616 g/mol. The SMILES string of the molecule is CC(C)(C)OC(=O)CC[C@H](NC(=S)N(O)[C@@H](CCCCNC(=O)c1ccc(N=[N+]=[N-])cc1)C(=O)OC(C)(C)C)C(=O)OC(C)(C)C. The van der Waals surface area contributed by atoms with Crippen molar-refractivity contribution in [3.63, 3.8) is 0 Å². The second-order valence-electron chi connectivity index (χ2n) is 13.5. The number of esters is 3. The molecule has 1 amide bonds. The minimum absolute atomic E-state index is 0.0527. The molecule has 14 nitrogen and oxygen atoms in total. The average Bonchev–Trinajstić information content (AvgIpc) is 2.90. The highest BCUT2D eigenvalue weighted by Crippen LogP contribution is 2.18. The number of thiocarbonyl (C=S) groups is 1. The number of unbranched alkanes of at least 4 members (excludes halogenated alkanes) is 1. The van der Waals surface area contributed by atoms with Crippen LogP contribution in [0.5, 0.6) is 0 Å². The first kappa shape index (κ1) is 40.1. The first-order chi connectivity index (χ1) is 21.1. The average molecular weight is 665 g/mol. The monoisotopic (exact) mass is 664 g/mol. The van der Waals surface area contributed by atoms with Crippen LogP contribution in [0.3, 0.4) is 0 Å². The number of rotatable bonds is 14. The predicted molar refractivity (Wildman–Crippen MR) is 175 cm³/mol. The van der Waals surface area contributed by atoms with Gasteiger partial charge in [0.25, 0.3) is 5.91 Å². The number of azide groups is 1. The second-order valence-corrected chi connectivity index (χ2v) is 13.9. The van der Waals surface area contributed by atoms with E-state index < -0.39 is 46.8 Å². The van der Waals surface area contributed by atoms with Gasteiger partial charge < -0.3 is 24.8 Å². The minimum Gasteiger partial charge on any atom is -0.460 e. The Hall–Kier alpha value is -3.94. The molecular formula is C31H48N6O8S. The lowest BCUT2D eigenvalue weighted by molar-refractivity contribution is -0.171. The number of hydrogen-bond donors (Lipinski definition) is 3. The summed E-state index contributed by atoms with van der Waals surface area (Å²) in [7, 11) is 0. The smallest absolute Gasteiger partial charge is 0.332 e. The number of ether oxygens (including phenoxy) is 3. The molecule has 46 heavy (non-hydrogen) atoms. The van der Waals surface area contributed by atoms with Crippen LogP contribution in [0.1, 0.15) is 105 Å². The highest BCUT2D eigenvalue weighted by atomic mass is 32.1. The van der Waals surface area contributed by atoms with Gasteiger partial charge in [-0.05, 0) is 118 Å². The van der Waals surface area contributed by atoms with E-state index in [0.29, 0.717) is 29.2 Å². The predicted octanol–water partition coefficient (Wildman–Crippen LogP) is 5.64. The Bertz CT molecular complexity index is 1260. The Morgan fingerprint density at radius 3 is 1.96 bits per heavy atom. The molecule has 0 aliphatic rings. The summed E-state index contributed by atoms with van der Waals surface area (Å²) in [6.07, 6.45) is 0.739. The van der Waals surface area contributed by atoms with E-state index in [1.54, 1.807) is 62.3 Å². The van der Waals surface area contributed by atoms with Gasteiger partial charge in [-0.2, -0.15) is 0 Å². The molecule has 0 heterocycles. The zero-order chi connectivity index (χ0) is 35.3. The van der Waals surface area contributed by atoms with E-state index >= 15 is 0 Å². The molecule has 1 rings (SSSR count). The van der Waals surface area contributed by atoms with Gasteiger partial charge in [-0.1, -0.05) is 17.2 Å². The zero-order valence-electron chi connectivity index (χ0n) is 28.2. The Balaban J connectivity index is 2.95. The van der Waals surface area contributed by atoms with Crippen LogP contribution < -0.4 is 10.6 Å². The van der Waals surface area contributed by atoms with Gasteiger partial charge in [-0.15, -0.1) is 0 Å². The molecule has 1 aromatic rings. The molecule has 0 aliphatic carbocycles. The summed E-state index contributed by atoms with van der Waals surface area (Å²) in [5, 5.41) is 20.3. The fraction of sp³-hybridized carbons (Fsp3) is 0.645. The molecule has 1 aromatic carbocycles. The van der Waals surface area contributed by atoms with Crippen molar-refractivity contribution in [3.05, 3.63) is 40.3 Å². The van der Waals surface area contributed by atoms with Crippen LogP contribution in [-0.2, 0) is 28.6 Å². The molecule has 256 valence electrons. The third-order valence-electron chi connectivity index (χ3n) is 5.71. The van der Waals surface area contributed by atoms with E-state index in [-0.39, 0.29) is 36.8 Å². The molecule has 0 aromatic heterocycles. The Kier molecular flexibility index (Phi) is 15.4. The fourth-order valence-corrected chi connectivity index (χ4v) is 4.11. The Morgan fingerprint density at radius 2 is 1.43 bits per heavy atom. The van der Waals surface area contributed by atoms with E-state index in [1.807, 2.05) is 0 Å². The number of amides is 1. The number of benzene rings is 1. The number of carbonyl (C=O) groups is 4. The van der Waals surface area contributed by atoms with Gasteiger partial charge in [0.2, 0.25) is 0 Å². The van der Waals surface area contributed by atoms with E-state index in [2.05, 4.69) is 20.7 Å². The van der Waals surface area contributed by atoms with Gasteiger partial charge >= 0.3 is 17.9 Å². The second kappa shape index (κ2) is 17.7. The third-order valence-corrected chi connectivity index (χ3v) is 6.01. The largest absolute Gasteiger partial charge is 0.460 e. The van der Waals surface area contributed by atoms with Crippen molar-refractivity contribution in [2.45, 2.75) is 123 Å². The van der Waals surface area contributed by atoms with Crippen LogP contribution in [-0.4, -0.2) is 74.6 Å². The van der Waals surface area contributed by atoms with Crippen LogP contribution in [0.25, 0.3) is 10.4 Å². The highest BCUT2D eigenvalue weighted by molar-refractivity contribution is 7.80. The van der Waals surface area contributed by atoms with Crippen LogP contribution in [0.2, 0.25) is 0 Å². The van der Waals surface area contributed by atoms with Crippen molar-refractivity contribution in [3.8, 4) is 0 Å². The lowest BCUT2D eigenvalue weighted by Crippen LogP contribution is -2.53. The van der Waals surface area contributed by atoms with Gasteiger partial charge in [0, 0.05) is 29.1 Å². The van der Waals surface area contributed by atoms with Crippen molar-refractivity contribution >= 4 is 46.8 Å². The Labute approximate surface area is 276 Å². The number of hydroxylamine groups is 2. The fourth-order valence-electron chi connectivity index (χ4n) is 3.84. The minimum atomic E-state index is -1.24. The summed E-state index contributed by atoms with van der Waals surface area (Å²) in [5.74, 6) is -2.31. The summed E-state index contributed by atoms with van der Waals surface area (Å²) < 4.78 is 16.3. The lowest BCUT2D eigenvalue weighted by Gasteiger charge is -2.31. The number of nitrogens with one attached hydrogen (secondary N) is 2. The lowest BCUT2D eigenvalue weighted by atomic mass is 10.1. The van der Waals surface area contributed by atoms with E-state index in [4.69, 9.17) is 32.0 Å². The number of hydrogen-bond acceptors (Lipinski definition) is 10. The molecule has 0 saturated heterocycles. The number of nitrogens with zero attached hydrogens (tertiary/aromatic N) is 4. The zero-order valence-corrected chi connectivity index (χ0v) is 29.0. The van der Waals surface area contributed by atoms with Crippen molar-refractivity contribution in [1.82, 2.24) is 15.7 Å². The topological polar surface area (TPSA) is 192 Å². The highest BCUT2D eigenvalue weighted by Gasteiger charge is 2.34. The van der Waals surface area contributed by atoms with Gasteiger partial charge in [0.15, 0.2) is 11.2 Å². The van der Waals surface area contributed by atoms with E-state index in [9.17, 15) is 24.4 Å². The molecule has 0 bridgehead atoms. The van der Waals surface area contributed by atoms with Gasteiger partial charge in [-0.25, -0.2) is 14.7 Å². The standard InChI is InChI=1S/C31H48N6O8S/c1-29(2,3)43-24(38)18-17-22(26(40)44-30(4,5)6)34-28(46)37(42)23(27(41)45-31(7,8)9)12-10-11-19-33-25(39)20-13-15-21(16-14-20)35-36-32/h13-16,22-23,42H,10-12,17-19H2,1-9H3,(H,33,39)(H,34,46)/t22-,23-/m0/s1. The summed E-state index contributed by atoms with van der Waals surface area (Å²) in [6.45, 7) is 15.6. The Morgan fingerprint density at radius 1 is 0.891 bits per heavy atom. The van der Waals surface area contributed by atoms with Crippen LogP contribution in [0.4, 0.5) is 5.69 Å². The van der Waals surface area contributed by atoms with Gasteiger partial charge in [0.1, 0.15) is 22.8 Å². The van der Waals surface area contributed by atoms with Crippen LogP contribution in [0.15, 0.2) is 29.4 Å². The van der Waals surface area contributed by atoms with Crippen molar-refractivity contribution in [2.24, 2.45) is 5.11 Å². The molecule has 2 atom stereocenters. The first-order valence-electron chi connectivity index (χ1n) is 15.0. The van der Waals surface area contributed by atoms with Gasteiger partial charge in [-0.3, -0.25) is 14.8 Å².